The highest BCUT2D eigenvalue weighted by Gasteiger charge is 2.54. The Kier molecular flexibility index (Phi) is 13.2. The van der Waals surface area contributed by atoms with Crippen molar-refractivity contribution in [2.24, 2.45) is 11.7 Å². The summed E-state index contributed by atoms with van der Waals surface area (Å²) in [6, 6.07) is -0.592. The van der Waals surface area contributed by atoms with Crippen LogP contribution in [0, 0.1) is 5.92 Å². The molecule has 0 amide bonds. The van der Waals surface area contributed by atoms with Gasteiger partial charge in [0.15, 0.2) is 16.6 Å². The van der Waals surface area contributed by atoms with Gasteiger partial charge in [-0.1, -0.05) is 55.0 Å². The van der Waals surface area contributed by atoms with Crippen molar-refractivity contribution in [1.82, 2.24) is 0 Å². The van der Waals surface area contributed by atoms with Crippen molar-refractivity contribution < 1.29 is 37.4 Å². The fourth-order valence-corrected chi connectivity index (χ4v) is 8.73. The molecule has 3 aliphatic rings. The number of ether oxygens (including phenoxy) is 4. The third-order valence-electron chi connectivity index (χ3n) is 11.4. The summed E-state index contributed by atoms with van der Waals surface area (Å²) in [6.45, 7) is 31.0. The summed E-state index contributed by atoms with van der Waals surface area (Å²) in [6.07, 6.45) is 1.89. The number of hydrogen-bond acceptors (Lipinski definition) is 9. The number of fused-ring (bicyclic) bond motifs is 1. The van der Waals surface area contributed by atoms with Gasteiger partial charge >= 0.3 is 5.97 Å². The standard InChI is InChI=1S/C35H65NO8Si2/c1-22-19-25(15-14-17-37)41-27(23(22)2)20-29-32(40-24(3)38)31(36)33-30(42-29)21-28(44-46(12,13)35(7,8)9)26(43-33)16-18-39-45(10,11)34(4,5)6/h17,22,25-33H,2,14-16,18-21,36H2,1,3-13H3/t22-,25?,26-,27?,28?,29+,30+,31-,32+,33-/m1/s1. The number of esters is 1. The smallest absolute Gasteiger partial charge is 0.303 e. The molecule has 9 nitrogen and oxygen atoms in total. The second-order valence-corrected chi connectivity index (χ2v) is 26.6. The SMILES string of the molecule is C=C1C(C[C@@H]2O[C@H]3CC(O[Si](C)(C)C(C)(C)C)[C@@H](CCO[Si](C)(C)C(C)(C)C)O[C@H]3[C@H](N)[C@H]2OC(C)=O)OC(CCC=O)C[C@H]1C. The van der Waals surface area contributed by atoms with Crippen LogP contribution in [0.3, 0.4) is 0 Å². The summed E-state index contributed by atoms with van der Waals surface area (Å²) < 4.78 is 39.6. The van der Waals surface area contributed by atoms with E-state index in [-0.39, 0.29) is 46.5 Å². The van der Waals surface area contributed by atoms with Crippen LogP contribution in [0.4, 0.5) is 0 Å². The molecule has 0 aromatic rings. The molecule has 3 unspecified atom stereocenters. The van der Waals surface area contributed by atoms with Crippen LogP contribution in [0.1, 0.15) is 93.9 Å². The fraction of sp³-hybridized carbons (Fsp3) is 0.886. The largest absolute Gasteiger partial charge is 0.458 e. The predicted octanol–water partition coefficient (Wildman–Crippen LogP) is 6.69. The zero-order valence-corrected chi connectivity index (χ0v) is 32.9. The van der Waals surface area contributed by atoms with E-state index in [1.165, 1.54) is 6.92 Å². The van der Waals surface area contributed by atoms with Gasteiger partial charge in [-0.3, -0.25) is 4.79 Å². The number of nitrogens with two attached hydrogens (primary N) is 1. The zero-order chi connectivity index (χ0) is 34.8. The zero-order valence-electron chi connectivity index (χ0n) is 30.9. The fourth-order valence-electron chi connectivity index (χ4n) is 6.31. The van der Waals surface area contributed by atoms with E-state index in [1.54, 1.807) is 0 Å². The summed E-state index contributed by atoms with van der Waals surface area (Å²) >= 11 is 0. The average Bonchev–Trinajstić information content (AvgIpc) is 2.91. The monoisotopic (exact) mass is 683 g/mol. The Balaban J connectivity index is 1.86. The highest BCUT2D eigenvalue weighted by molar-refractivity contribution is 6.74. The van der Waals surface area contributed by atoms with Crippen molar-refractivity contribution in [2.75, 3.05) is 6.61 Å². The van der Waals surface area contributed by atoms with Crippen LogP contribution in [0.2, 0.25) is 36.3 Å². The minimum atomic E-state index is -2.16. The molecule has 3 rings (SSSR count). The van der Waals surface area contributed by atoms with E-state index in [2.05, 4.69) is 81.2 Å². The lowest BCUT2D eigenvalue weighted by Gasteiger charge is -2.53. The topological polar surface area (TPSA) is 116 Å². The maximum atomic E-state index is 12.3. The van der Waals surface area contributed by atoms with E-state index in [4.69, 9.17) is 33.5 Å². The molecule has 46 heavy (non-hydrogen) atoms. The third-order valence-corrected chi connectivity index (χ3v) is 20.4. The van der Waals surface area contributed by atoms with Crippen LogP contribution >= 0.6 is 0 Å². The Labute approximate surface area is 281 Å². The first-order chi connectivity index (χ1) is 21.1. The van der Waals surface area contributed by atoms with E-state index < -0.39 is 47.0 Å². The summed E-state index contributed by atoms with van der Waals surface area (Å²) in [5.41, 5.74) is 7.94. The third kappa shape index (κ3) is 9.61. The highest BCUT2D eigenvalue weighted by Crippen LogP contribution is 2.43. The molecule has 0 aromatic carbocycles. The Morgan fingerprint density at radius 1 is 0.978 bits per heavy atom. The first kappa shape index (κ1) is 39.5. The number of aldehydes is 1. The van der Waals surface area contributed by atoms with E-state index >= 15 is 0 Å². The molecule has 266 valence electrons. The molecule has 10 atom stereocenters. The van der Waals surface area contributed by atoms with Crippen LogP contribution in [0.15, 0.2) is 12.2 Å². The number of carbonyl (C=O) groups excluding carboxylic acids is 2. The highest BCUT2D eigenvalue weighted by atomic mass is 28.4. The summed E-state index contributed by atoms with van der Waals surface area (Å²) in [5.74, 6) is -0.176. The van der Waals surface area contributed by atoms with Crippen LogP contribution in [-0.4, -0.2) is 90.4 Å². The van der Waals surface area contributed by atoms with Crippen molar-refractivity contribution in [1.29, 1.82) is 0 Å². The van der Waals surface area contributed by atoms with Gasteiger partial charge in [0.25, 0.3) is 0 Å². The molecule has 11 heteroatoms. The molecule has 2 N–H and O–H groups in total. The second-order valence-electron chi connectivity index (χ2n) is 17.0. The Bertz CT molecular complexity index is 1050. The quantitative estimate of drug-likeness (QED) is 0.104. The van der Waals surface area contributed by atoms with Gasteiger partial charge in [0.2, 0.25) is 0 Å². The summed E-state index contributed by atoms with van der Waals surface area (Å²) in [5, 5.41) is 0.128. The van der Waals surface area contributed by atoms with Crippen LogP contribution < -0.4 is 5.73 Å². The average molecular weight is 684 g/mol. The van der Waals surface area contributed by atoms with E-state index in [0.717, 1.165) is 18.3 Å². The van der Waals surface area contributed by atoms with Crippen LogP contribution in [-0.2, 0) is 37.4 Å². The maximum Gasteiger partial charge on any atom is 0.303 e. The van der Waals surface area contributed by atoms with Crippen molar-refractivity contribution in [3.63, 3.8) is 0 Å². The van der Waals surface area contributed by atoms with Crippen LogP contribution in [0.25, 0.3) is 0 Å². The molecule has 0 aromatic heterocycles. The lowest BCUT2D eigenvalue weighted by Crippen LogP contribution is -2.68. The first-order valence-corrected chi connectivity index (χ1v) is 23.2. The molecule has 0 bridgehead atoms. The number of carbonyl (C=O) groups is 2. The van der Waals surface area contributed by atoms with Gasteiger partial charge < -0.3 is 38.3 Å². The van der Waals surface area contributed by atoms with Gasteiger partial charge in [0.05, 0.1) is 42.7 Å². The Hall–Kier alpha value is -0.926. The van der Waals surface area contributed by atoms with Crippen molar-refractivity contribution in [3.05, 3.63) is 12.2 Å². The second kappa shape index (κ2) is 15.3. The van der Waals surface area contributed by atoms with E-state index in [9.17, 15) is 9.59 Å². The van der Waals surface area contributed by atoms with Gasteiger partial charge in [-0.15, -0.1) is 0 Å². The summed E-state index contributed by atoms with van der Waals surface area (Å²) in [4.78, 5) is 23.4. The normalized spacial score (nSPS) is 34.6. The van der Waals surface area contributed by atoms with E-state index in [1.807, 2.05) is 0 Å². The van der Waals surface area contributed by atoms with Crippen molar-refractivity contribution in [2.45, 2.75) is 185 Å². The molecule has 3 heterocycles. The van der Waals surface area contributed by atoms with Gasteiger partial charge in [-0.2, -0.15) is 0 Å². The maximum absolute atomic E-state index is 12.3. The number of rotatable bonds is 12. The minimum absolute atomic E-state index is 0.0224. The van der Waals surface area contributed by atoms with Gasteiger partial charge in [-0.05, 0) is 67.0 Å². The lowest BCUT2D eigenvalue weighted by atomic mass is 9.81. The molecule has 0 spiro atoms. The van der Waals surface area contributed by atoms with E-state index in [0.29, 0.717) is 38.7 Å². The molecule has 0 saturated carbocycles. The molecule has 3 fully saturated rings. The lowest BCUT2D eigenvalue weighted by molar-refractivity contribution is -0.258. The molecular weight excluding hydrogens is 619 g/mol. The molecule has 0 radical (unpaired) electrons. The molecule has 3 aliphatic heterocycles. The van der Waals surface area contributed by atoms with Crippen molar-refractivity contribution in [3.8, 4) is 0 Å². The van der Waals surface area contributed by atoms with Gasteiger partial charge in [0, 0.05) is 32.8 Å². The predicted molar refractivity (Wildman–Crippen MR) is 187 cm³/mol. The number of hydrogen-bond donors (Lipinski definition) is 1. The molecule has 3 saturated heterocycles. The minimum Gasteiger partial charge on any atom is -0.458 e. The van der Waals surface area contributed by atoms with Crippen molar-refractivity contribution >= 4 is 28.9 Å². The summed E-state index contributed by atoms with van der Waals surface area (Å²) in [7, 11) is -4.11. The van der Waals surface area contributed by atoms with Gasteiger partial charge in [0.1, 0.15) is 18.5 Å². The Morgan fingerprint density at radius 2 is 1.61 bits per heavy atom. The van der Waals surface area contributed by atoms with Crippen LogP contribution in [0.5, 0.6) is 0 Å². The Morgan fingerprint density at radius 3 is 2.17 bits per heavy atom. The van der Waals surface area contributed by atoms with Gasteiger partial charge in [-0.25, -0.2) is 0 Å². The molecular formula is C35H65NO8Si2. The first-order valence-electron chi connectivity index (χ1n) is 17.4. The molecule has 0 aliphatic carbocycles.